The number of aromatic amines is 1. The highest BCUT2D eigenvalue weighted by Crippen LogP contribution is 2.29. The van der Waals surface area contributed by atoms with Crippen LogP contribution in [0.4, 0.5) is 0 Å². The molecule has 3 heterocycles. The molecule has 2 aromatic rings. The summed E-state index contributed by atoms with van der Waals surface area (Å²) in [5.74, 6) is 0.469. The highest BCUT2D eigenvalue weighted by atomic mass is 32.1. The van der Waals surface area contributed by atoms with Crippen LogP contribution in [-0.4, -0.2) is 27.7 Å². The number of nitrogens with one attached hydrogen (secondary N) is 1. The Bertz CT molecular complexity index is 589. The third-order valence-corrected chi connectivity index (χ3v) is 3.70. The molecule has 0 amide bonds. The second-order valence-corrected chi connectivity index (χ2v) is 4.97. The molecule has 17 heavy (non-hydrogen) atoms. The SMILES string of the molecule is CC1COCCC1n1c(=S)[nH]c2cccnc21. The molecule has 4 nitrogen and oxygen atoms in total. The highest BCUT2D eigenvalue weighted by Gasteiger charge is 2.25. The maximum Gasteiger partial charge on any atom is 0.179 e. The van der Waals surface area contributed by atoms with E-state index in [0.29, 0.717) is 12.0 Å². The lowest BCUT2D eigenvalue weighted by Crippen LogP contribution is -2.28. The molecule has 0 saturated carbocycles. The first-order valence-electron chi connectivity index (χ1n) is 5.90. The van der Waals surface area contributed by atoms with Gasteiger partial charge in [0.1, 0.15) is 0 Å². The summed E-state index contributed by atoms with van der Waals surface area (Å²) in [6, 6.07) is 4.32. The molecule has 2 unspecified atom stereocenters. The van der Waals surface area contributed by atoms with Gasteiger partial charge < -0.3 is 9.72 Å². The van der Waals surface area contributed by atoms with Crippen LogP contribution in [0.3, 0.4) is 0 Å². The molecule has 0 bridgehead atoms. The van der Waals surface area contributed by atoms with Gasteiger partial charge in [0.15, 0.2) is 10.4 Å². The van der Waals surface area contributed by atoms with E-state index in [-0.39, 0.29) is 0 Å². The van der Waals surface area contributed by atoms with E-state index in [1.165, 1.54) is 0 Å². The Morgan fingerprint density at radius 2 is 2.47 bits per heavy atom. The zero-order valence-electron chi connectivity index (χ0n) is 9.72. The number of ether oxygens (including phenoxy) is 1. The largest absolute Gasteiger partial charge is 0.381 e. The molecule has 3 rings (SSSR count). The Morgan fingerprint density at radius 1 is 1.59 bits per heavy atom. The lowest BCUT2D eigenvalue weighted by molar-refractivity contribution is 0.0293. The number of imidazole rings is 1. The number of pyridine rings is 1. The predicted octanol–water partition coefficient (Wildman–Crippen LogP) is 2.69. The molecule has 1 fully saturated rings. The van der Waals surface area contributed by atoms with Crippen molar-refractivity contribution in [2.75, 3.05) is 13.2 Å². The number of hydrogen-bond donors (Lipinski definition) is 1. The zero-order valence-corrected chi connectivity index (χ0v) is 10.5. The van der Waals surface area contributed by atoms with E-state index in [0.717, 1.165) is 35.6 Å². The Hall–Kier alpha value is -1.20. The first kappa shape index (κ1) is 10.9. The summed E-state index contributed by atoms with van der Waals surface area (Å²) in [5.41, 5.74) is 1.97. The minimum Gasteiger partial charge on any atom is -0.381 e. The minimum atomic E-state index is 0.389. The van der Waals surface area contributed by atoms with Crippen LogP contribution in [-0.2, 0) is 4.74 Å². The summed E-state index contributed by atoms with van der Waals surface area (Å²) in [6.07, 6.45) is 2.81. The second-order valence-electron chi connectivity index (χ2n) is 4.58. The van der Waals surface area contributed by atoms with Gasteiger partial charge in [-0.2, -0.15) is 0 Å². The standard InChI is InChI=1S/C12H15N3OS/c1-8-7-16-6-4-10(8)15-11-9(14-12(15)17)3-2-5-13-11/h2-3,5,8,10H,4,6-7H2,1H3,(H,14,17). The highest BCUT2D eigenvalue weighted by molar-refractivity contribution is 7.71. The normalized spacial score (nSPS) is 25.2. The fourth-order valence-electron chi connectivity index (χ4n) is 2.52. The van der Waals surface area contributed by atoms with Crippen molar-refractivity contribution >= 4 is 23.4 Å². The van der Waals surface area contributed by atoms with Gasteiger partial charge in [0.25, 0.3) is 0 Å². The van der Waals surface area contributed by atoms with Gasteiger partial charge in [-0.05, 0) is 30.8 Å². The topological polar surface area (TPSA) is 42.8 Å². The third-order valence-electron chi connectivity index (χ3n) is 3.40. The quantitative estimate of drug-likeness (QED) is 0.790. The van der Waals surface area contributed by atoms with Crippen molar-refractivity contribution in [1.82, 2.24) is 14.5 Å². The van der Waals surface area contributed by atoms with Gasteiger partial charge >= 0.3 is 0 Å². The second kappa shape index (κ2) is 4.23. The lowest BCUT2D eigenvalue weighted by Gasteiger charge is -2.30. The van der Waals surface area contributed by atoms with E-state index in [4.69, 9.17) is 17.0 Å². The summed E-state index contributed by atoms with van der Waals surface area (Å²) in [7, 11) is 0. The van der Waals surface area contributed by atoms with Crippen LogP contribution < -0.4 is 0 Å². The average Bonchev–Trinajstić information content (AvgIpc) is 2.66. The minimum absolute atomic E-state index is 0.389. The van der Waals surface area contributed by atoms with E-state index < -0.39 is 0 Å². The molecule has 0 aliphatic carbocycles. The van der Waals surface area contributed by atoms with Crippen LogP contribution in [0.5, 0.6) is 0 Å². The average molecular weight is 249 g/mol. The monoisotopic (exact) mass is 249 g/mol. The summed E-state index contributed by atoms with van der Waals surface area (Å²) in [5, 5.41) is 0. The molecule has 2 atom stereocenters. The number of rotatable bonds is 1. The summed E-state index contributed by atoms with van der Waals surface area (Å²) in [4.78, 5) is 7.66. The smallest absolute Gasteiger partial charge is 0.179 e. The van der Waals surface area contributed by atoms with Crippen molar-refractivity contribution in [3.63, 3.8) is 0 Å². The van der Waals surface area contributed by atoms with E-state index in [1.807, 2.05) is 18.3 Å². The summed E-state index contributed by atoms with van der Waals surface area (Å²) >= 11 is 5.41. The van der Waals surface area contributed by atoms with Crippen LogP contribution in [0.15, 0.2) is 18.3 Å². The van der Waals surface area contributed by atoms with Crippen LogP contribution >= 0.6 is 12.2 Å². The molecule has 1 saturated heterocycles. The number of H-pyrrole nitrogens is 1. The Morgan fingerprint density at radius 3 is 3.29 bits per heavy atom. The Balaban J connectivity index is 2.15. The van der Waals surface area contributed by atoms with Crippen LogP contribution in [0.1, 0.15) is 19.4 Å². The van der Waals surface area contributed by atoms with Gasteiger partial charge in [0.05, 0.1) is 12.1 Å². The van der Waals surface area contributed by atoms with Gasteiger partial charge in [-0.15, -0.1) is 0 Å². The van der Waals surface area contributed by atoms with Gasteiger partial charge in [0, 0.05) is 24.8 Å². The summed E-state index contributed by atoms with van der Waals surface area (Å²) in [6.45, 7) is 3.80. The molecular weight excluding hydrogens is 234 g/mol. The van der Waals surface area contributed by atoms with Gasteiger partial charge in [-0.3, -0.25) is 4.57 Å². The number of hydrogen-bond acceptors (Lipinski definition) is 3. The first-order chi connectivity index (χ1) is 8.27. The molecule has 0 spiro atoms. The van der Waals surface area contributed by atoms with Crippen molar-refractivity contribution in [2.24, 2.45) is 5.92 Å². The third kappa shape index (κ3) is 1.79. The fourth-order valence-corrected chi connectivity index (χ4v) is 2.85. The van der Waals surface area contributed by atoms with Crippen LogP contribution in [0.25, 0.3) is 11.2 Å². The molecule has 1 aliphatic rings. The van der Waals surface area contributed by atoms with E-state index >= 15 is 0 Å². The fraction of sp³-hybridized carbons (Fsp3) is 0.500. The molecule has 5 heteroatoms. The van der Waals surface area contributed by atoms with E-state index in [1.54, 1.807) is 0 Å². The van der Waals surface area contributed by atoms with Crippen molar-refractivity contribution in [2.45, 2.75) is 19.4 Å². The predicted molar refractivity (Wildman–Crippen MR) is 68.6 cm³/mol. The van der Waals surface area contributed by atoms with E-state index in [2.05, 4.69) is 21.5 Å². The molecule has 90 valence electrons. The number of nitrogens with zero attached hydrogens (tertiary/aromatic N) is 2. The maximum absolute atomic E-state index is 5.48. The lowest BCUT2D eigenvalue weighted by atomic mass is 9.98. The van der Waals surface area contributed by atoms with Crippen LogP contribution in [0, 0.1) is 10.7 Å². The zero-order chi connectivity index (χ0) is 11.8. The van der Waals surface area contributed by atoms with E-state index in [9.17, 15) is 0 Å². The molecule has 1 N–H and O–H groups in total. The van der Waals surface area contributed by atoms with Crippen LogP contribution in [0.2, 0.25) is 0 Å². The maximum atomic E-state index is 5.48. The van der Waals surface area contributed by atoms with Gasteiger partial charge in [-0.1, -0.05) is 6.92 Å². The number of fused-ring (bicyclic) bond motifs is 1. The van der Waals surface area contributed by atoms with Crippen molar-refractivity contribution in [3.05, 3.63) is 23.1 Å². The van der Waals surface area contributed by atoms with Crippen molar-refractivity contribution in [1.29, 1.82) is 0 Å². The summed E-state index contributed by atoms with van der Waals surface area (Å²) < 4.78 is 8.40. The molecule has 0 aromatic carbocycles. The molecule has 1 aliphatic heterocycles. The molecule has 0 radical (unpaired) electrons. The first-order valence-corrected chi connectivity index (χ1v) is 6.31. The van der Waals surface area contributed by atoms with Crippen molar-refractivity contribution in [3.8, 4) is 0 Å². The van der Waals surface area contributed by atoms with Crippen molar-refractivity contribution < 1.29 is 4.74 Å². The number of aromatic nitrogens is 3. The van der Waals surface area contributed by atoms with Gasteiger partial charge in [0.2, 0.25) is 0 Å². The molecule has 2 aromatic heterocycles. The molecular formula is C12H15N3OS. The Kier molecular flexibility index (Phi) is 2.72. The van der Waals surface area contributed by atoms with Gasteiger partial charge in [-0.25, -0.2) is 4.98 Å². The Labute approximate surface area is 105 Å².